The number of rotatable bonds is 20. The quantitative estimate of drug-likeness (QED) is 0.0277. The van der Waals surface area contributed by atoms with Gasteiger partial charge in [0.2, 0.25) is 22.1 Å². The monoisotopic (exact) mass is 1720 g/mol. The highest BCUT2D eigenvalue weighted by atomic mass is 16.6. The summed E-state index contributed by atoms with van der Waals surface area (Å²) in [4.78, 5) is 56.9. The van der Waals surface area contributed by atoms with Crippen LogP contribution >= 0.6 is 0 Å². The molecule has 0 saturated carbocycles. The van der Waals surface area contributed by atoms with Crippen LogP contribution in [0.4, 0.5) is 91.0 Å². The molecule has 19 rings (SSSR count). The zero-order chi connectivity index (χ0) is 89.9. The summed E-state index contributed by atoms with van der Waals surface area (Å²) in [6.45, 7) is 0. The lowest BCUT2D eigenvalue weighted by Gasteiger charge is -2.37. The van der Waals surface area contributed by atoms with Crippen LogP contribution in [0.3, 0.4) is 0 Å². The van der Waals surface area contributed by atoms with Gasteiger partial charge in [0, 0.05) is 280 Å². The van der Waals surface area contributed by atoms with Crippen LogP contribution in [0.25, 0.3) is 66.8 Å². The summed E-state index contributed by atoms with van der Waals surface area (Å²) in [7, 11) is 24.2. The van der Waals surface area contributed by atoms with Crippen molar-refractivity contribution in [3.63, 3.8) is 0 Å². The summed E-state index contributed by atoms with van der Waals surface area (Å²) in [6.07, 6.45) is 0. The number of hydrogen-bond donors (Lipinski definition) is 7. The molecular formula is C109H101N12O9+. The molecule has 130 heavy (non-hydrogen) atoms. The standard InChI is InChI=1S/3C36H32N4O3.CH4/c1-39(2)27-15-9-23(10-16-27)37-25-13-19-31-33(21-25)42-34-22-26(38-24-11-17-28(18-12-24)40(3)4)14-20-32(34)36(31)30-8-6-5-7-29(30)35(41)43-36;2*1-39(2)27-15-9-23(10-16-27)37-25-13-19-31-33(21-25)43-34-22-26(38-24-11-17-28(18-12-24)40(3)4)14-20-32(34)35(31)29-7-5-6-8-30(29)36(41)42;/h5-22,37-38H,1-4H3;2*5-22,37H,1-4H3,(H,41,42);1H4/p+1. The number of carboxylic acid groups (broad SMARTS) is 2. The minimum absolute atomic E-state index is 0. The van der Waals surface area contributed by atoms with Gasteiger partial charge in [0.1, 0.15) is 34.2 Å². The van der Waals surface area contributed by atoms with Crippen LogP contribution in [0.2, 0.25) is 0 Å². The summed E-state index contributed by atoms with van der Waals surface area (Å²) >= 11 is 0. The van der Waals surface area contributed by atoms with Crippen molar-refractivity contribution in [3.8, 4) is 56.4 Å². The van der Waals surface area contributed by atoms with Gasteiger partial charge in [-0.3, -0.25) is 0 Å². The van der Waals surface area contributed by atoms with Gasteiger partial charge in [-0.2, -0.15) is 0 Å². The number of aromatic carboxylic acids is 2. The van der Waals surface area contributed by atoms with E-state index in [1.54, 1.807) is 24.3 Å². The molecule has 0 atom stereocenters. The van der Waals surface area contributed by atoms with Crippen LogP contribution in [0.15, 0.2) is 336 Å². The third-order valence-corrected chi connectivity index (χ3v) is 23.0. The second-order valence-electron chi connectivity index (χ2n) is 33.0. The third-order valence-electron chi connectivity index (χ3n) is 23.0. The summed E-state index contributed by atoms with van der Waals surface area (Å²) in [6, 6.07) is 106. The van der Waals surface area contributed by atoms with E-state index in [0.29, 0.717) is 50.9 Å². The summed E-state index contributed by atoms with van der Waals surface area (Å²) < 4.78 is 26.0. The molecule has 4 heterocycles. The average Bonchev–Trinajstić information content (AvgIpc) is 1.57. The minimum atomic E-state index is -1.23. The SMILES string of the molecule is C.CN(C)c1ccc(Nc2ccc3c(-c4ccccc4C(=O)O)c4ccc(=[NH+]c5ccc(N(C)C)cc5)cc-4oc3c2)cc1.CN(C)c1ccc(Nc2ccc3c(-c4ccccc4C(=O)[O-])c4ccc(=[NH+]c5ccc(N(C)C)cc5)cc-4oc3c2)cc1.CN(C)c1ccc(Nc2ccc3c(c2)Oc2cc(Nc4ccc(N(C)C)cc4)ccc2C32OC(=O)c3ccccc32)cc1. The van der Waals surface area contributed by atoms with Crippen molar-refractivity contribution in [2.45, 2.75) is 13.0 Å². The number of esters is 1. The number of hydrogen-bond acceptors (Lipinski definition) is 18. The molecule has 1 spiro atoms. The topological polar surface area (TPSA) is 235 Å². The smallest absolute Gasteiger partial charge is 0.340 e. The third kappa shape index (κ3) is 18.2. The number of carbonyl (C=O) groups excluding carboxylic acids is 2. The number of nitrogens with zero attached hydrogens (tertiary/aromatic N) is 6. The first-order valence-corrected chi connectivity index (χ1v) is 42.2. The molecule has 650 valence electrons. The van der Waals surface area contributed by atoms with Gasteiger partial charge in [-0.1, -0.05) is 68.1 Å². The predicted octanol–water partition coefficient (Wildman–Crippen LogP) is 19.4. The van der Waals surface area contributed by atoms with E-state index >= 15 is 0 Å². The van der Waals surface area contributed by atoms with E-state index < -0.39 is 17.5 Å². The number of carbonyl (C=O) groups is 3. The van der Waals surface area contributed by atoms with Crippen molar-refractivity contribution < 1.29 is 52.9 Å². The van der Waals surface area contributed by atoms with Crippen LogP contribution < -0.4 is 81.2 Å². The molecule has 0 saturated heterocycles. The maximum Gasteiger partial charge on any atom is 0.340 e. The Hall–Kier alpha value is -16.6. The Balaban J connectivity index is 0.000000142. The second-order valence-corrected chi connectivity index (χ2v) is 33.0. The Kier molecular flexibility index (Phi) is 24.7. The van der Waals surface area contributed by atoms with Crippen molar-refractivity contribution in [1.29, 1.82) is 0 Å². The molecule has 0 bridgehead atoms. The molecule has 7 N–H and O–H groups in total. The molecule has 6 aliphatic rings. The number of carboxylic acids is 2. The van der Waals surface area contributed by atoms with Gasteiger partial charge in [-0.25, -0.2) is 19.6 Å². The van der Waals surface area contributed by atoms with Crippen molar-refractivity contribution in [2.24, 2.45) is 0 Å². The van der Waals surface area contributed by atoms with Gasteiger partial charge in [0.05, 0.1) is 29.2 Å². The average molecular weight is 1720 g/mol. The second kappa shape index (κ2) is 36.9. The van der Waals surface area contributed by atoms with Crippen molar-refractivity contribution in [1.82, 2.24) is 0 Å². The van der Waals surface area contributed by atoms with Crippen molar-refractivity contribution in [3.05, 3.63) is 372 Å². The first-order valence-electron chi connectivity index (χ1n) is 42.2. The first-order chi connectivity index (χ1) is 62.3. The van der Waals surface area contributed by atoms with Gasteiger partial charge < -0.3 is 84.0 Å². The number of benzene rings is 15. The molecule has 13 aromatic rings. The normalized spacial score (nSPS) is 12.2. The van der Waals surface area contributed by atoms with Crippen LogP contribution in [-0.4, -0.2) is 108 Å². The number of anilines is 14. The van der Waals surface area contributed by atoms with E-state index in [9.17, 15) is 24.6 Å². The highest BCUT2D eigenvalue weighted by Crippen LogP contribution is 2.57. The summed E-state index contributed by atoms with van der Waals surface area (Å²) in [5.74, 6) is -0.0316. The number of ether oxygens (including phenoxy) is 2. The Morgan fingerprint density at radius 2 is 0.646 bits per heavy atom. The Labute approximate surface area is 755 Å². The van der Waals surface area contributed by atoms with Crippen molar-refractivity contribution in [2.75, 3.05) is 135 Å². The van der Waals surface area contributed by atoms with Gasteiger partial charge in [-0.15, -0.1) is 0 Å². The van der Waals surface area contributed by atoms with E-state index in [1.807, 2.05) is 315 Å². The molecule has 4 aliphatic heterocycles. The summed E-state index contributed by atoms with van der Waals surface area (Å²) in [5.41, 5.74) is 23.8. The molecule has 13 aromatic carbocycles. The van der Waals surface area contributed by atoms with Gasteiger partial charge in [0.15, 0.2) is 5.60 Å². The molecule has 0 unspecified atom stereocenters. The highest BCUT2D eigenvalue weighted by Gasteiger charge is 2.53. The molecule has 0 amide bonds. The summed E-state index contributed by atoms with van der Waals surface area (Å²) in [5, 5.41) is 39.4. The van der Waals surface area contributed by atoms with Crippen LogP contribution in [0.5, 0.6) is 11.5 Å². The van der Waals surface area contributed by atoms with E-state index in [-0.39, 0.29) is 24.5 Å². The fraction of sp³-hybridized carbons (Fsp3) is 0.128. The molecular weight excluding hydrogens is 1620 g/mol. The number of fused-ring (bicyclic) bond motifs is 10. The van der Waals surface area contributed by atoms with Crippen LogP contribution in [0.1, 0.15) is 55.2 Å². The fourth-order valence-electron chi connectivity index (χ4n) is 16.3. The molecule has 21 nitrogen and oxygen atoms in total. The molecule has 21 heteroatoms. The van der Waals surface area contributed by atoms with E-state index in [4.69, 9.17) is 18.3 Å². The zero-order valence-corrected chi connectivity index (χ0v) is 73.6. The lowest BCUT2D eigenvalue weighted by Crippen LogP contribution is -2.70. The van der Waals surface area contributed by atoms with Crippen LogP contribution in [-0.2, 0) is 10.3 Å². The predicted molar refractivity (Wildman–Crippen MR) is 525 cm³/mol. The minimum Gasteiger partial charge on any atom is -0.545 e. The Bertz CT molecular complexity index is 6760. The Morgan fingerprint density at radius 1 is 0.331 bits per heavy atom. The largest absolute Gasteiger partial charge is 0.545 e. The highest BCUT2D eigenvalue weighted by molar-refractivity contribution is 6.09. The molecule has 2 aliphatic carbocycles. The Morgan fingerprint density at radius 3 is 1.01 bits per heavy atom. The molecule has 0 fully saturated rings. The molecule has 0 aromatic heterocycles. The van der Waals surface area contributed by atoms with E-state index in [2.05, 4.69) is 133 Å². The van der Waals surface area contributed by atoms with Crippen LogP contribution in [0, 0.1) is 0 Å². The van der Waals surface area contributed by atoms with E-state index in [1.165, 1.54) is 0 Å². The van der Waals surface area contributed by atoms with E-state index in [0.717, 1.165) is 151 Å². The maximum absolute atomic E-state index is 13.2. The maximum atomic E-state index is 13.2. The number of nitrogens with one attached hydrogen (secondary N) is 6. The van der Waals surface area contributed by atoms with Gasteiger partial charge in [-0.05, 0) is 205 Å². The zero-order valence-electron chi connectivity index (χ0n) is 73.6. The first kappa shape index (κ1) is 86.9. The van der Waals surface area contributed by atoms with Gasteiger partial charge in [0.25, 0.3) is 0 Å². The lowest BCUT2D eigenvalue weighted by molar-refractivity contribution is -0.402. The fourth-order valence-corrected chi connectivity index (χ4v) is 16.3. The lowest BCUT2D eigenvalue weighted by atomic mass is 9.77. The van der Waals surface area contributed by atoms with Crippen molar-refractivity contribution >= 4 is 131 Å². The molecule has 0 radical (unpaired) electrons. The van der Waals surface area contributed by atoms with Gasteiger partial charge >= 0.3 is 11.9 Å².